The largest absolute Gasteiger partial charge is 0.310 e. The number of allylic oxidation sites excluding steroid dienone is 5. The lowest BCUT2D eigenvalue weighted by atomic mass is 9.69. The molecule has 2 aliphatic rings. The van der Waals surface area contributed by atoms with Crippen LogP contribution in [-0.2, 0) is 5.41 Å². The van der Waals surface area contributed by atoms with Crippen LogP contribution in [0.4, 0.5) is 17.1 Å². The van der Waals surface area contributed by atoms with Crippen molar-refractivity contribution >= 4 is 65.7 Å². The molecule has 0 unspecified atom stereocenters. The van der Waals surface area contributed by atoms with E-state index < -0.39 is 5.41 Å². The summed E-state index contributed by atoms with van der Waals surface area (Å²) in [5, 5.41) is 10.0. The highest BCUT2D eigenvalue weighted by Gasteiger charge is 2.52. The molecule has 0 heterocycles. The molecule has 0 saturated carbocycles. The summed E-state index contributed by atoms with van der Waals surface area (Å²) < 4.78 is 0. The van der Waals surface area contributed by atoms with E-state index >= 15 is 0 Å². The van der Waals surface area contributed by atoms with Gasteiger partial charge in [0.05, 0.1) is 11.1 Å². The summed E-state index contributed by atoms with van der Waals surface area (Å²) in [7, 11) is 0. The minimum atomic E-state index is -0.514. The van der Waals surface area contributed by atoms with Gasteiger partial charge in [-0.3, -0.25) is 0 Å². The van der Waals surface area contributed by atoms with Crippen LogP contribution < -0.4 is 4.90 Å². The van der Waals surface area contributed by atoms with E-state index in [1.807, 2.05) is 0 Å². The lowest BCUT2D eigenvalue weighted by molar-refractivity contribution is 0.786. The van der Waals surface area contributed by atoms with E-state index in [2.05, 4.69) is 237 Å². The van der Waals surface area contributed by atoms with E-state index in [9.17, 15) is 0 Å². The molecule has 0 aliphatic heterocycles. The van der Waals surface area contributed by atoms with Crippen LogP contribution in [0.3, 0.4) is 0 Å². The summed E-state index contributed by atoms with van der Waals surface area (Å²) in [6.45, 7) is 6.56. The maximum absolute atomic E-state index is 4.43. The number of rotatable bonds is 6. The van der Waals surface area contributed by atoms with Gasteiger partial charge in [-0.1, -0.05) is 195 Å². The van der Waals surface area contributed by atoms with Crippen LogP contribution in [0.5, 0.6) is 0 Å². The third-order valence-electron chi connectivity index (χ3n) is 13.4. The van der Waals surface area contributed by atoms with Gasteiger partial charge in [-0.05, 0) is 131 Å². The van der Waals surface area contributed by atoms with Gasteiger partial charge < -0.3 is 4.90 Å². The van der Waals surface area contributed by atoms with E-state index in [1.165, 1.54) is 98.7 Å². The lowest BCUT2D eigenvalue weighted by Gasteiger charge is -2.33. The number of fused-ring (bicyclic) bond motifs is 14. The van der Waals surface area contributed by atoms with Crippen LogP contribution >= 0.6 is 0 Å². The van der Waals surface area contributed by atoms with Crippen LogP contribution in [0.2, 0.25) is 0 Å². The second-order valence-corrected chi connectivity index (χ2v) is 16.3. The Hall–Kier alpha value is -7.74. The molecule has 0 atom stereocenters. The van der Waals surface area contributed by atoms with Crippen molar-refractivity contribution in [2.75, 3.05) is 4.90 Å². The maximum Gasteiger partial charge on any atom is 0.0726 e. The summed E-state index contributed by atoms with van der Waals surface area (Å²) >= 11 is 0. The lowest BCUT2D eigenvalue weighted by Crippen LogP contribution is -2.27. The van der Waals surface area contributed by atoms with Crippen molar-refractivity contribution in [1.29, 1.82) is 0 Å². The molecule has 0 bridgehead atoms. The van der Waals surface area contributed by atoms with E-state index in [-0.39, 0.29) is 0 Å². The standard InChI is InChI=1S/C60H41N/c1-3-17-54-43(4-2)51-37-36-42(38-57(51)60(54)55-29-13-11-24-49(55)50-25-12-14-30-56(50)60)61(41-34-32-40(33-35-41)45-27-15-19-39-18-5-6-20-44(39)45)58-31-16-28-53-48-22-8-7-21-46(48)47-23-9-10-26-52(47)59(53)58/h3-38H,2H2,1H3/b17-3-. The zero-order valence-corrected chi connectivity index (χ0v) is 33.9. The molecule has 1 nitrogen and oxygen atoms in total. The Balaban J connectivity index is 1.16. The molecule has 10 aromatic carbocycles. The van der Waals surface area contributed by atoms with Crippen LogP contribution in [0.15, 0.2) is 231 Å². The molecule has 61 heavy (non-hydrogen) atoms. The molecule has 0 radical (unpaired) electrons. The van der Waals surface area contributed by atoms with Crippen LogP contribution in [-0.4, -0.2) is 0 Å². The molecular formula is C60H41N. The molecule has 1 heteroatoms. The average Bonchev–Trinajstić information content (AvgIpc) is 3.78. The van der Waals surface area contributed by atoms with Gasteiger partial charge in [-0.25, -0.2) is 0 Å². The van der Waals surface area contributed by atoms with E-state index in [4.69, 9.17) is 0 Å². The zero-order chi connectivity index (χ0) is 40.7. The van der Waals surface area contributed by atoms with Gasteiger partial charge in [0.25, 0.3) is 0 Å². The number of nitrogens with zero attached hydrogens (tertiary/aromatic N) is 1. The van der Waals surface area contributed by atoms with E-state index in [0.29, 0.717) is 0 Å². The minimum Gasteiger partial charge on any atom is -0.310 e. The second kappa shape index (κ2) is 13.7. The van der Waals surface area contributed by atoms with Crippen molar-refractivity contribution in [2.24, 2.45) is 0 Å². The van der Waals surface area contributed by atoms with Crippen molar-refractivity contribution in [3.8, 4) is 22.3 Å². The van der Waals surface area contributed by atoms with Crippen LogP contribution in [0.1, 0.15) is 29.2 Å². The van der Waals surface area contributed by atoms with Crippen LogP contribution in [0.25, 0.3) is 70.9 Å². The number of benzene rings is 10. The Kier molecular flexibility index (Phi) is 7.89. The quantitative estimate of drug-likeness (QED) is 0.152. The molecule has 0 fully saturated rings. The first-order chi connectivity index (χ1) is 30.2. The molecule has 12 rings (SSSR count). The van der Waals surface area contributed by atoms with Gasteiger partial charge in [0.15, 0.2) is 0 Å². The third-order valence-corrected chi connectivity index (χ3v) is 13.4. The Labute approximate surface area is 356 Å². The number of hydrogen-bond donors (Lipinski definition) is 0. The average molecular weight is 776 g/mol. The third kappa shape index (κ3) is 4.95. The van der Waals surface area contributed by atoms with Crippen molar-refractivity contribution in [1.82, 2.24) is 0 Å². The summed E-state index contributed by atoms with van der Waals surface area (Å²) in [5.74, 6) is 0. The van der Waals surface area contributed by atoms with Crippen molar-refractivity contribution in [2.45, 2.75) is 12.3 Å². The summed E-state index contributed by atoms with van der Waals surface area (Å²) in [5.41, 5.74) is 15.4. The molecule has 0 amide bonds. The van der Waals surface area contributed by atoms with Gasteiger partial charge in [0, 0.05) is 16.8 Å². The maximum atomic E-state index is 4.43. The van der Waals surface area contributed by atoms with Crippen molar-refractivity contribution in [3.05, 3.63) is 253 Å². The Morgan fingerprint density at radius 3 is 1.64 bits per heavy atom. The first kappa shape index (κ1) is 35.2. The van der Waals surface area contributed by atoms with Crippen LogP contribution in [0, 0.1) is 0 Å². The number of anilines is 3. The number of hydrogen-bond acceptors (Lipinski definition) is 1. The highest BCUT2D eigenvalue weighted by Crippen LogP contribution is 2.63. The Morgan fingerprint density at radius 1 is 0.443 bits per heavy atom. The Morgan fingerprint density at radius 2 is 0.967 bits per heavy atom. The zero-order valence-electron chi connectivity index (χ0n) is 33.9. The van der Waals surface area contributed by atoms with Gasteiger partial charge in [0.1, 0.15) is 0 Å². The summed E-state index contributed by atoms with van der Waals surface area (Å²) in [6.07, 6.45) is 6.57. The smallest absolute Gasteiger partial charge is 0.0726 e. The topological polar surface area (TPSA) is 3.24 Å². The fraction of sp³-hybridized carbons (Fsp3) is 0.0333. The second-order valence-electron chi connectivity index (χ2n) is 16.3. The first-order valence-corrected chi connectivity index (χ1v) is 21.3. The normalized spacial score (nSPS) is 13.7. The SMILES string of the molecule is C=CC1=C(/C=C\C)C2(c3cc(N(c4ccc(-c5cccc6ccccc56)cc4)c4cccc5c6ccccc6c6ccccc6c45)ccc31)c1ccccc1-c1ccccc12. The molecule has 0 N–H and O–H groups in total. The molecular weight excluding hydrogens is 735 g/mol. The molecule has 0 saturated heterocycles. The van der Waals surface area contributed by atoms with Gasteiger partial charge in [0.2, 0.25) is 0 Å². The van der Waals surface area contributed by atoms with E-state index in [1.54, 1.807) is 0 Å². The summed E-state index contributed by atoms with van der Waals surface area (Å²) in [4.78, 5) is 2.50. The molecule has 2 aliphatic carbocycles. The predicted molar refractivity (Wildman–Crippen MR) is 260 cm³/mol. The highest BCUT2D eigenvalue weighted by atomic mass is 15.1. The van der Waals surface area contributed by atoms with Crippen molar-refractivity contribution < 1.29 is 0 Å². The molecule has 1 spiro atoms. The summed E-state index contributed by atoms with van der Waals surface area (Å²) in [6, 6.07) is 74.2. The first-order valence-electron chi connectivity index (χ1n) is 21.3. The van der Waals surface area contributed by atoms with Gasteiger partial charge in [-0.2, -0.15) is 0 Å². The van der Waals surface area contributed by atoms with Gasteiger partial charge in [-0.15, -0.1) is 0 Å². The molecule has 286 valence electrons. The van der Waals surface area contributed by atoms with Crippen molar-refractivity contribution in [3.63, 3.8) is 0 Å². The highest BCUT2D eigenvalue weighted by molar-refractivity contribution is 6.28. The molecule has 10 aromatic rings. The fourth-order valence-corrected chi connectivity index (χ4v) is 10.9. The predicted octanol–water partition coefficient (Wildman–Crippen LogP) is 16.3. The van der Waals surface area contributed by atoms with E-state index in [0.717, 1.165) is 17.1 Å². The fourth-order valence-electron chi connectivity index (χ4n) is 10.9. The molecule has 0 aromatic heterocycles. The monoisotopic (exact) mass is 775 g/mol. The Bertz CT molecular complexity index is 3410. The van der Waals surface area contributed by atoms with Gasteiger partial charge >= 0.3 is 0 Å². The minimum absolute atomic E-state index is 0.514.